The molecule has 1 amide bonds. The second-order valence-corrected chi connectivity index (χ2v) is 8.24. The number of anilines is 2. The van der Waals surface area contributed by atoms with E-state index in [0.717, 1.165) is 31.9 Å². The number of methoxy groups -OCH3 is 1. The van der Waals surface area contributed by atoms with Crippen molar-refractivity contribution in [2.75, 3.05) is 50.6 Å². The zero-order valence-electron chi connectivity index (χ0n) is 19.0. The highest BCUT2D eigenvalue weighted by molar-refractivity contribution is 6.11. The van der Waals surface area contributed by atoms with Gasteiger partial charge in [-0.3, -0.25) is 9.78 Å². The largest absolute Gasteiger partial charge is 0.494 e. The van der Waals surface area contributed by atoms with Crippen LogP contribution in [-0.4, -0.2) is 65.9 Å². The Kier molecular flexibility index (Phi) is 5.85. The van der Waals surface area contributed by atoms with E-state index in [1.807, 2.05) is 24.3 Å². The number of ether oxygens (including phenoxy) is 1. The normalized spacial score (nSPS) is 14.4. The van der Waals surface area contributed by atoms with Gasteiger partial charge in [0.1, 0.15) is 11.4 Å². The van der Waals surface area contributed by atoms with E-state index in [1.54, 1.807) is 30.6 Å². The number of benzene rings is 2. The SMILES string of the molecule is COc1cccc(F)c1-n1nc(C(=O)Nc2ccc(N3CCN(C)CC3)cc2)c2ccncc21. The molecule has 1 aliphatic rings. The van der Waals surface area contributed by atoms with Crippen molar-refractivity contribution in [3.8, 4) is 11.4 Å². The highest BCUT2D eigenvalue weighted by Crippen LogP contribution is 2.30. The molecule has 1 saturated heterocycles. The molecule has 34 heavy (non-hydrogen) atoms. The number of carbonyl (C=O) groups excluding carboxylic acids is 1. The average molecular weight is 461 g/mol. The number of likely N-dealkylation sites (N-methyl/N-ethyl adjacent to an activating group) is 1. The van der Waals surface area contributed by atoms with E-state index in [1.165, 1.54) is 17.9 Å². The average Bonchev–Trinajstić information content (AvgIpc) is 3.24. The number of hydrogen-bond acceptors (Lipinski definition) is 6. The Morgan fingerprint density at radius 2 is 1.82 bits per heavy atom. The van der Waals surface area contributed by atoms with Crippen LogP contribution in [0.4, 0.5) is 15.8 Å². The number of piperazine rings is 1. The van der Waals surface area contributed by atoms with Crippen LogP contribution in [-0.2, 0) is 0 Å². The van der Waals surface area contributed by atoms with E-state index < -0.39 is 11.7 Å². The van der Waals surface area contributed by atoms with E-state index in [2.05, 4.69) is 32.2 Å². The molecule has 4 aromatic rings. The Morgan fingerprint density at radius 3 is 2.56 bits per heavy atom. The van der Waals surface area contributed by atoms with Crippen molar-refractivity contribution in [1.29, 1.82) is 0 Å². The fraction of sp³-hybridized carbons (Fsp3) is 0.240. The van der Waals surface area contributed by atoms with Gasteiger partial charge in [0.2, 0.25) is 0 Å². The molecule has 3 heterocycles. The Balaban J connectivity index is 1.44. The maximum absolute atomic E-state index is 14.8. The Bertz CT molecular complexity index is 1330. The van der Waals surface area contributed by atoms with Gasteiger partial charge in [-0.25, -0.2) is 9.07 Å². The molecule has 9 heteroatoms. The molecule has 0 atom stereocenters. The van der Waals surface area contributed by atoms with Crippen molar-refractivity contribution in [2.45, 2.75) is 0 Å². The Hall–Kier alpha value is -3.98. The van der Waals surface area contributed by atoms with Crippen LogP contribution >= 0.6 is 0 Å². The second-order valence-electron chi connectivity index (χ2n) is 8.24. The number of aromatic nitrogens is 3. The third kappa shape index (κ3) is 4.06. The summed E-state index contributed by atoms with van der Waals surface area (Å²) < 4.78 is 21.4. The number of rotatable bonds is 5. The number of nitrogens with one attached hydrogen (secondary N) is 1. The fourth-order valence-corrected chi connectivity index (χ4v) is 4.18. The first kappa shape index (κ1) is 21.8. The van der Waals surface area contributed by atoms with Crippen molar-refractivity contribution in [3.05, 3.63) is 72.4 Å². The number of pyridine rings is 1. The lowest BCUT2D eigenvalue weighted by atomic mass is 10.2. The molecule has 1 fully saturated rings. The van der Waals surface area contributed by atoms with E-state index in [0.29, 0.717) is 22.3 Å². The minimum atomic E-state index is -0.515. The minimum absolute atomic E-state index is 0.124. The van der Waals surface area contributed by atoms with Crippen LogP contribution in [0.5, 0.6) is 5.75 Å². The number of para-hydroxylation sites is 1. The summed E-state index contributed by atoms with van der Waals surface area (Å²) in [6.07, 6.45) is 3.13. The van der Waals surface area contributed by atoms with Crippen LogP contribution in [0.15, 0.2) is 60.9 Å². The third-order valence-electron chi connectivity index (χ3n) is 6.07. The van der Waals surface area contributed by atoms with Gasteiger partial charge in [-0.2, -0.15) is 5.10 Å². The number of carbonyl (C=O) groups is 1. The molecule has 2 aromatic carbocycles. The van der Waals surface area contributed by atoms with Crippen LogP contribution in [0.2, 0.25) is 0 Å². The summed E-state index contributed by atoms with van der Waals surface area (Å²) >= 11 is 0. The molecule has 0 radical (unpaired) electrons. The van der Waals surface area contributed by atoms with Gasteiger partial charge in [0, 0.05) is 49.1 Å². The van der Waals surface area contributed by atoms with Crippen LogP contribution < -0.4 is 15.0 Å². The summed E-state index contributed by atoms with van der Waals surface area (Å²) in [4.78, 5) is 22.0. The lowest BCUT2D eigenvalue weighted by Crippen LogP contribution is -2.44. The first-order valence-corrected chi connectivity index (χ1v) is 11.1. The zero-order chi connectivity index (χ0) is 23.7. The van der Waals surface area contributed by atoms with Gasteiger partial charge in [-0.1, -0.05) is 6.07 Å². The predicted molar refractivity (Wildman–Crippen MR) is 129 cm³/mol. The number of amides is 1. The van der Waals surface area contributed by atoms with Crippen LogP contribution in [0.3, 0.4) is 0 Å². The zero-order valence-corrected chi connectivity index (χ0v) is 19.0. The van der Waals surface area contributed by atoms with E-state index in [4.69, 9.17) is 4.74 Å². The van der Waals surface area contributed by atoms with Gasteiger partial charge in [0.15, 0.2) is 11.5 Å². The first-order valence-electron chi connectivity index (χ1n) is 11.1. The maximum atomic E-state index is 14.8. The first-order chi connectivity index (χ1) is 16.5. The summed E-state index contributed by atoms with van der Waals surface area (Å²) in [5.74, 6) is -0.601. The smallest absolute Gasteiger partial charge is 0.276 e. The lowest BCUT2D eigenvalue weighted by molar-refractivity contribution is 0.102. The molecular weight excluding hydrogens is 435 g/mol. The Labute approximate surface area is 196 Å². The number of hydrogen-bond donors (Lipinski definition) is 1. The molecule has 174 valence electrons. The van der Waals surface area contributed by atoms with Gasteiger partial charge < -0.3 is 19.9 Å². The minimum Gasteiger partial charge on any atom is -0.494 e. The molecular formula is C25H25FN6O2. The standard InChI is InChI=1S/C25H25FN6O2/c1-30-12-14-31(15-13-30)18-8-6-17(7-9-18)28-25(33)23-19-10-11-27-16-21(19)32(29-23)24-20(26)4-3-5-22(24)34-2/h3-11,16H,12-15H2,1-2H3,(H,28,33). The molecule has 0 spiro atoms. The van der Waals surface area contributed by atoms with Crippen molar-refractivity contribution >= 4 is 28.2 Å². The summed E-state index contributed by atoms with van der Waals surface area (Å²) in [6, 6.07) is 14.0. The number of nitrogens with zero attached hydrogens (tertiary/aromatic N) is 5. The Morgan fingerprint density at radius 1 is 1.06 bits per heavy atom. The van der Waals surface area contributed by atoms with E-state index in [9.17, 15) is 9.18 Å². The monoisotopic (exact) mass is 460 g/mol. The highest BCUT2D eigenvalue weighted by Gasteiger charge is 2.22. The van der Waals surface area contributed by atoms with E-state index >= 15 is 0 Å². The van der Waals surface area contributed by atoms with E-state index in [-0.39, 0.29) is 11.4 Å². The van der Waals surface area contributed by atoms with Crippen molar-refractivity contribution in [2.24, 2.45) is 0 Å². The van der Waals surface area contributed by atoms with Gasteiger partial charge in [-0.15, -0.1) is 0 Å². The van der Waals surface area contributed by atoms with Gasteiger partial charge >= 0.3 is 0 Å². The molecule has 0 aliphatic carbocycles. The van der Waals surface area contributed by atoms with Crippen LogP contribution in [0.1, 0.15) is 10.5 Å². The number of fused-ring (bicyclic) bond motifs is 1. The summed E-state index contributed by atoms with van der Waals surface area (Å²) in [5, 5.41) is 7.93. The molecule has 2 aromatic heterocycles. The van der Waals surface area contributed by atoms with Crippen molar-refractivity contribution in [3.63, 3.8) is 0 Å². The second kappa shape index (κ2) is 9.11. The highest BCUT2D eigenvalue weighted by atomic mass is 19.1. The fourth-order valence-electron chi connectivity index (χ4n) is 4.18. The predicted octanol–water partition coefficient (Wildman–Crippen LogP) is 3.57. The van der Waals surface area contributed by atoms with Crippen molar-refractivity contribution < 1.29 is 13.9 Å². The quantitative estimate of drug-likeness (QED) is 0.491. The summed E-state index contributed by atoms with van der Waals surface area (Å²) in [6.45, 7) is 3.99. The molecule has 0 saturated carbocycles. The summed E-state index contributed by atoms with van der Waals surface area (Å²) in [5.41, 5.74) is 2.58. The van der Waals surface area contributed by atoms with Crippen LogP contribution in [0, 0.1) is 5.82 Å². The van der Waals surface area contributed by atoms with Gasteiger partial charge in [-0.05, 0) is 49.5 Å². The molecule has 0 unspecified atom stereocenters. The molecule has 1 aliphatic heterocycles. The third-order valence-corrected chi connectivity index (χ3v) is 6.07. The number of halogens is 1. The summed E-state index contributed by atoms with van der Waals surface area (Å²) in [7, 11) is 3.58. The van der Waals surface area contributed by atoms with Crippen molar-refractivity contribution in [1.82, 2.24) is 19.7 Å². The molecule has 0 bridgehead atoms. The van der Waals surface area contributed by atoms with Gasteiger partial charge in [0.05, 0.1) is 18.8 Å². The lowest BCUT2D eigenvalue weighted by Gasteiger charge is -2.34. The molecule has 1 N–H and O–H groups in total. The molecule has 8 nitrogen and oxygen atoms in total. The molecule has 5 rings (SSSR count). The van der Waals surface area contributed by atoms with Crippen LogP contribution in [0.25, 0.3) is 16.6 Å². The van der Waals surface area contributed by atoms with Gasteiger partial charge in [0.25, 0.3) is 5.91 Å². The maximum Gasteiger partial charge on any atom is 0.276 e. The topological polar surface area (TPSA) is 75.5 Å².